The standard InChI is InChI=1S/C13H7F3INO/c14-7-3-1-4-8(15)11(7)13(19)18-10-6-2-5-9(16)12(10)17/h1-6H,(H,18,19). The van der Waals surface area contributed by atoms with Crippen LogP contribution in [0.3, 0.4) is 0 Å². The van der Waals surface area contributed by atoms with E-state index >= 15 is 0 Å². The van der Waals surface area contributed by atoms with Gasteiger partial charge in [-0.15, -0.1) is 0 Å². The Morgan fingerprint density at radius 2 is 1.47 bits per heavy atom. The molecule has 2 rings (SSSR count). The molecule has 0 aliphatic rings. The highest BCUT2D eigenvalue weighted by atomic mass is 127. The summed E-state index contributed by atoms with van der Waals surface area (Å²) in [7, 11) is 0. The zero-order valence-electron chi connectivity index (χ0n) is 9.38. The predicted octanol–water partition coefficient (Wildman–Crippen LogP) is 3.96. The number of carbonyl (C=O) groups excluding carboxylic acids is 1. The zero-order valence-corrected chi connectivity index (χ0v) is 11.5. The molecule has 0 bridgehead atoms. The van der Waals surface area contributed by atoms with Gasteiger partial charge in [-0.1, -0.05) is 12.1 Å². The van der Waals surface area contributed by atoms with Crippen molar-refractivity contribution in [2.24, 2.45) is 0 Å². The molecule has 0 aromatic heterocycles. The molecule has 0 unspecified atom stereocenters. The first-order chi connectivity index (χ1) is 9.00. The van der Waals surface area contributed by atoms with Crippen LogP contribution in [0.25, 0.3) is 0 Å². The van der Waals surface area contributed by atoms with Crippen LogP contribution >= 0.6 is 22.6 Å². The van der Waals surface area contributed by atoms with Gasteiger partial charge in [0.2, 0.25) is 0 Å². The average Bonchev–Trinajstić information content (AvgIpc) is 2.35. The molecule has 0 aliphatic heterocycles. The maximum Gasteiger partial charge on any atom is 0.261 e. The predicted molar refractivity (Wildman–Crippen MR) is 73.4 cm³/mol. The SMILES string of the molecule is O=C(Nc1cccc(F)c1I)c1c(F)cccc1F. The van der Waals surface area contributed by atoms with Gasteiger partial charge in [-0.05, 0) is 46.9 Å². The lowest BCUT2D eigenvalue weighted by atomic mass is 10.2. The van der Waals surface area contributed by atoms with Crippen LogP contribution in [-0.4, -0.2) is 5.91 Å². The molecule has 0 atom stereocenters. The molecule has 19 heavy (non-hydrogen) atoms. The highest BCUT2D eigenvalue weighted by molar-refractivity contribution is 14.1. The molecule has 0 saturated heterocycles. The summed E-state index contributed by atoms with van der Waals surface area (Å²) in [5.41, 5.74) is -0.532. The van der Waals surface area contributed by atoms with Gasteiger partial charge in [-0.2, -0.15) is 0 Å². The summed E-state index contributed by atoms with van der Waals surface area (Å²) in [5.74, 6) is -3.42. The van der Waals surface area contributed by atoms with Crippen molar-refractivity contribution in [3.8, 4) is 0 Å². The monoisotopic (exact) mass is 377 g/mol. The van der Waals surface area contributed by atoms with Crippen LogP contribution in [0.4, 0.5) is 18.9 Å². The fourth-order valence-corrected chi connectivity index (χ4v) is 1.99. The highest BCUT2D eigenvalue weighted by Gasteiger charge is 2.18. The van der Waals surface area contributed by atoms with Gasteiger partial charge in [0.15, 0.2) is 0 Å². The quantitative estimate of drug-likeness (QED) is 0.789. The lowest BCUT2D eigenvalue weighted by molar-refractivity contribution is 0.101. The Labute approximate surface area is 120 Å². The van der Waals surface area contributed by atoms with Crippen molar-refractivity contribution >= 4 is 34.2 Å². The summed E-state index contributed by atoms with van der Waals surface area (Å²) in [6.45, 7) is 0. The molecule has 98 valence electrons. The van der Waals surface area contributed by atoms with Gasteiger partial charge in [0.05, 0.1) is 9.26 Å². The number of benzene rings is 2. The Morgan fingerprint density at radius 3 is 2.11 bits per heavy atom. The second-order valence-corrected chi connectivity index (χ2v) is 4.73. The van der Waals surface area contributed by atoms with Crippen LogP contribution in [0, 0.1) is 21.0 Å². The maximum absolute atomic E-state index is 13.4. The third-order valence-electron chi connectivity index (χ3n) is 2.39. The number of nitrogens with one attached hydrogen (secondary N) is 1. The second-order valence-electron chi connectivity index (χ2n) is 3.65. The second kappa shape index (κ2) is 5.60. The maximum atomic E-state index is 13.4. The first-order valence-electron chi connectivity index (χ1n) is 5.20. The molecule has 1 amide bonds. The van der Waals surface area contributed by atoms with Gasteiger partial charge in [-0.25, -0.2) is 13.2 Å². The summed E-state index contributed by atoms with van der Waals surface area (Å²) in [5, 5.41) is 2.28. The van der Waals surface area contributed by atoms with Gasteiger partial charge < -0.3 is 5.32 Å². The summed E-state index contributed by atoms with van der Waals surface area (Å²) >= 11 is 1.70. The van der Waals surface area contributed by atoms with Crippen LogP contribution in [0.1, 0.15) is 10.4 Å². The molecular weight excluding hydrogens is 370 g/mol. The number of anilines is 1. The van der Waals surface area contributed by atoms with E-state index in [9.17, 15) is 18.0 Å². The first kappa shape index (κ1) is 13.9. The Hall–Kier alpha value is -1.57. The number of rotatable bonds is 2. The smallest absolute Gasteiger partial charge is 0.261 e. The molecule has 2 nitrogen and oxygen atoms in total. The van der Waals surface area contributed by atoms with E-state index in [0.717, 1.165) is 18.2 Å². The molecule has 0 heterocycles. The fourth-order valence-electron chi connectivity index (χ4n) is 1.50. The van der Waals surface area contributed by atoms with Crippen LogP contribution in [0.5, 0.6) is 0 Å². The Morgan fingerprint density at radius 1 is 0.947 bits per heavy atom. The van der Waals surface area contributed by atoms with Crippen molar-refractivity contribution < 1.29 is 18.0 Å². The third-order valence-corrected chi connectivity index (χ3v) is 3.49. The molecule has 1 N–H and O–H groups in total. The minimum absolute atomic E-state index is 0.160. The van der Waals surface area contributed by atoms with Crippen molar-refractivity contribution in [2.45, 2.75) is 0 Å². The van der Waals surface area contributed by atoms with E-state index in [-0.39, 0.29) is 9.26 Å². The van der Waals surface area contributed by atoms with Crippen molar-refractivity contribution in [2.75, 3.05) is 5.32 Å². The van der Waals surface area contributed by atoms with E-state index in [1.54, 1.807) is 22.6 Å². The number of carbonyl (C=O) groups is 1. The van der Waals surface area contributed by atoms with E-state index in [1.165, 1.54) is 18.2 Å². The minimum atomic E-state index is -0.969. The third kappa shape index (κ3) is 2.89. The van der Waals surface area contributed by atoms with Gasteiger partial charge in [0.25, 0.3) is 5.91 Å². The number of hydrogen-bond acceptors (Lipinski definition) is 1. The van der Waals surface area contributed by atoms with Crippen molar-refractivity contribution in [1.29, 1.82) is 0 Å². The summed E-state index contributed by atoms with van der Waals surface area (Å²) in [6.07, 6.45) is 0. The summed E-state index contributed by atoms with van der Waals surface area (Å²) < 4.78 is 40.3. The van der Waals surface area contributed by atoms with Gasteiger partial charge in [-0.3, -0.25) is 4.79 Å². The van der Waals surface area contributed by atoms with E-state index in [4.69, 9.17) is 0 Å². The number of amides is 1. The van der Waals surface area contributed by atoms with Crippen molar-refractivity contribution in [1.82, 2.24) is 0 Å². The van der Waals surface area contributed by atoms with Crippen LogP contribution in [0.15, 0.2) is 36.4 Å². The fraction of sp³-hybridized carbons (Fsp3) is 0. The normalized spacial score (nSPS) is 10.3. The molecule has 2 aromatic rings. The highest BCUT2D eigenvalue weighted by Crippen LogP contribution is 2.22. The van der Waals surface area contributed by atoms with E-state index in [1.807, 2.05) is 0 Å². The summed E-state index contributed by atoms with van der Waals surface area (Å²) in [4.78, 5) is 11.8. The van der Waals surface area contributed by atoms with Crippen LogP contribution < -0.4 is 5.32 Å². The number of hydrogen-bond donors (Lipinski definition) is 1. The average molecular weight is 377 g/mol. The lowest BCUT2D eigenvalue weighted by Gasteiger charge is -2.09. The van der Waals surface area contributed by atoms with Gasteiger partial charge in [0, 0.05) is 0 Å². The largest absolute Gasteiger partial charge is 0.321 e. The molecule has 0 spiro atoms. The van der Waals surface area contributed by atoms with E-state index in [2.05, 4.69) is 5.32 Å². The zero-order chi connectivity index (χ0) is 14.0. The van der Waals surface area contributed by atoms with Crippen molar-refractivity contribution in [3.63, 3.8) is 0 Å². The van der Waals surface area contributed by atoms with Crippen LogP contribution in [-0.2, 0) is 0 Å². The summed E-state index contributed by atoms with van der Waals surface area (Å²) in [6, 6.07) is 7.18. The molecule has 0 aliphatic carbocycles. The molecule has 0 saturated carbocycles. The molecule has 0 fully saturated rings. The minimum Gasteiger partial charge on any atom is -0.321 e. The topological polar surface area (TPSA) is 29.1 Å². The van der Waals surface area contributed by atoms with Crippen LogP contribution in [0.2, 0.25) is 0 Å². The lowest BCUT2D eigenvalue weighted by Crippen LogP contribution is -2.16. The van der Waals surface area contributed by atoms with E-state index < -0.39 is 28.9 Å². The molecule has 6 heteroatoms. The van der Waals surface area contributed by atoms with Gasteiger partial charge in [0.1, 0.15) is 23.0 Å². The molecule has 2 aromatic carbocycles. The van der Waals surface area contributed by atoms with E-state index in [0.29, 0.717) is 0 Å². The molecular formula is C13H7F3INO. The number of halogens is 4. The Bertz CT molecular complexity index is 626. The Kier molecular flexibility index (Phi) is 4.08. The van der Waals surface area contributed by atoms with Gasteiger partial charge >= 0.3 is 0 Å². The van der Waals surface area contributed by atoms with Crippen molar-refractivity contribution in [3.05, 3.63) is 63.0 Å². The first-order valence-corrected chi connectivity index (χ1v) is 6.28. The molecule has 0 radical (unpaired) electrons. The Balaban J connectivity index is 2.34.